The Hall–Kier alpha value is -2.44. The number of benzene rings is 2. The second kappa shape index (κ2) is 6.54. The minimum Gasteiger partial charge on any atom is -0.357 e. The third kappa shape index (κ3) is 3.30. The van der Waals surface area contributed by atoms with Crippen LogP contribution >= 0.6 is 0 Å². The summed E-state index contributed by atoms with van der Waals surface area (Å²) in [6.45, 7) is 4.86. The molecule has 1 spiro atoms. The summed E-state index contributed by atoms with van der Waals surface area (Å²) in [5.41, 5.74) is 4.94. The van der Waals surface area contributed by atoms with E-state index in [0.29, 0.717) is 4.90 Å². The van der Waals surface area contributed by atoms with Crippen LogP contribution in [-0.2, 0) is 16.4 Å². The molecule has 1 aromatic heterocycles. The fourth-order valence-corrected chi connectivity index (χ4v) is 5.13. The second-order valence-electron chi connectivity index (χ2n) is 8.47. The van der Waals surface area contributed by atoms with Crippen molar-refractivity contribution in [3.05, 3.63) is 65.9 Å². The van der Waals surface area contributed by atoms with Crippen molar-refractivity contribution in [3.8, 4) is 0 Å². The van der Waals surface area contributed by atoms with Crippen LogP contribution in [0, 0.1) is 6.92 Å². The van der Waals surface area contributed by atoms with Gasteiger partial charge in [-0.15, -0.1) is 0 Å². The first-order valence-corrected chi connectivity index (χ1v) is 11.9. The van der Waals surface area contributed by atoms with Crippen LogP contribution in [-0.4, -0.2) is 43.3 Å². The number of hydrogen-bond donors (Lipinski definition) is 0. The zero-order chi connectivity index (χ0) is 20.2. The van der Waals surface area contributed by atoms with Gasteiger partial charge in [0.05, 0.1) is 17.1 Å². The fourth-order valence-electron chi connectivity index (χ4n) is 4.50. The normalized spacial score (nSPS) is 18.6. The predicted octanol–water partition coefficient (Wildman–Crippen LogP) is 3.76. The summed E-state index contributed by atoms with van der Waals surface area (Å²) in [5.74, 6) is 0. The Labute approximate surface area is 171 Å². The maximum atomic E-state index is 11.7. The number of fused-ring (bicyclic) bond motifs is 1. The maximum absolute atomic E-state index is 11.7. The van der Waals surface area contributed by atoms with E-state index >= 15 is 0 Å². The van der Waals surface area contributed by atoms with E-state index in [-0.39, 0.29) is 5.54 Å². The lowest BCUT2D eigenvalue weighted by atomic mass is 10.0. The smallest absolute Gasteiger partial charge is 0.175 e. The van der Waals surface area contributed by atoms with Crippen molar-refractivity contribution in [1.29, 1.82) is 0 Å². The summed E-state index contributed by atoms with van der Waals surface area (Å²) in [5, 5.41) is 1.24. The molecule has 150 valence electrons. The average molecular weight is 408 g/mol. The number of para-hydroxylation sites is 1. The van der Waals surface area contributed by atoms with E-state index in [0.717, 1.165) is 31.0 Å². The monoisotopic (exact) mass is 407 g/mol. The molecule has 6 heteroatoms. The Kier molecular flexibility index (Phi) is 4.19. The number of hydrogen-bond acceptors (Lipinski definition) is 5. The molecule has 0 radical (unpaired) electrons. The van der Waals surface area contributed by atoms with Gasteiger partial charge in [0.15, 0.2) is 9.84 Å². The molecule has 1 saturated heterocycles. The molecule has 0 bridgehead atoms. The molecule has 2 fully saturated rings. The fraction of sp³-hybridized carbons (Fsp3) is 0.348. The number of aromatic nitrogens is 1. The van der Waals surface area contributed by atoms with Crippen LogP contribution in [0.15, 0.2) is 59.6 Å². The molecule has 2 aromatic carbocycles. The summed E-state index contributed by atoms with van der Waals surface area (Å²) in [4.78, 5) is 9.90. The number of sulfone groups is 1. The van der Waals surface area contributed by atoms with E-state index in [1.54, 1.807) is 12.1 Å². The molecule has 0 unspecified atom stereocenters. The van der Waals surface area contributed by atoms with Gasteiger partial charge >= 0.3 is 0 Å². The molecule has 1 saturated carbocycles. The highest BCUT2D eigenvalue weighted by Gasteiger charge is 2.53. The van der Waals surface area contributed by atoms with E-state index in [4.69, 9.17) is 0 Å². The standard InChI is InChI=1S/C23H25N3O2S/c1-17-4-3-5-21-18(10-13-24-22(17)21)14-26-16-25(15-23(26)11-12-23)19-6-8-20(9-7-19)29(2,27)28/h3-10,13H,11-12,14-16H2,1-2H3. The van der Waals surface area contributed by atoms with Gasteiger partial charge in [-0.1, -0.05) is 18.2 Å². The van der Waals surface area contributed by atoms with Crippen molar-refractivity contribution < 1.29 is 8.42 Å². The summed E-state index contributed by atoms with van der Waals surface area (Å²) < 4.78 is 23.5. The Balaban J connectivity index is 1.41. The number of rotatable bonds is 4. The Morgan fingerprint density at radius 2 is 1.83 bits per heavy atom. The van der Waals surface area contributed by atoms with E-state index in [9.17, 15) is 8.42 Å². The largest absolute Gasteiger partial charge is 0.357 e. The van der Waals surface area contributed by atoms with Gasteiger partial charge in [0.2, 0.25) is 0 Å². The van der Waals surface area contributed by atoms with Gasteiger partial charge in [-0.05, 0) is 61.2 Å². The summed E-state index contributed by atoms with van der Waals surface area (Å²) in [7, 11) is -3.16. The number of nitrogens with zero attached hydrogens (tertiary/aromatic N) is 3. The molecule has 2 heterocycles. The predicted molar refractivity (Wildman–Crippen MR) is 116 cm³/mol. The van der Waals surface area contributed by atoms with Crippen LogP contribution < -0.4 is 4.90 Å². The van der Waals surface area contributed by atoms with Crippen LogP contribution in [0.4, 0.5) is 5.69 Å². The van der Waals surface area contributed by atoms with Crippen molar-refractivity contribution in [2.24, 2.45) is 0 Å². The summed E-state index contributed by atoms with van der Waals surface area (Å²) in [6, 6.07) is 15.8. The third-order valence-electron chi connectivity index (χ3n) is 6.38. The molecule has 1 aliphatic heterocycles. The zero-order valence-electron chi connectivity index (χ0n) is 16.8. The van der Waals surface area contributed by atoms with Crippen LogP contribution in [0.1, 0.15) is 24.0 Å². The lowest BCUT2D eigenvalue weighted by Crippen LogP contribution is -2.32. The summed E-state index contributed by atoms with van der Waals surface area (Å²) >= 11 is 0. The Morgan fingerprint density at radius 1 is 1.07 bits per heavy atom. The van der Waals surface area contributed by atoms with Crippen LogP contribution in [0.5, 0.6) is 0 Å². The molecule has 5 rings (SSSR count). The van der Waals surface area contributed by atoms with Crippen LogP contribution in [0.2, 0.25) is 0 Å². The van der Waals surface area contributed by atoms with Gasteiger partial charge in [-0.3, -0.25) is 9.88 Å². The van der Waals surface area contributed by atoms with Gasteiger partial charge in [0.25, 0.3) is 0 Å². The van der Waals surface area contributed by atoms with Gasteiger partial charge < -0.3 is 4.90 Å². The first-order chi connectivity index (χ1) is 13.9. The zero-order valence-corrected chi connectivity index (χ0v) is 17.6. The van der Waals surface area contributed by atoms with Gasteiger partial charge in [0.1, 0.15) is 0 Å². The second-order valence-corrected chi connectivity index (χ2v) is 10.5. The highest BCUT2D eigenvalue weighted by Crippen LogP contribution is 2.48. The van der Waals surface area contributed by atoms with Gasteiger partial charge in [-0.25, -0.2) is 8.42 Å². The maximum Gasteiger partial charge on any atom is 0.175 e. The molecule has 0 N–H and O–H groups in total. The number of aryl methyl sites for hydroxylation is 1. The number of anilines is 1. The molecular weight excluding hydrogens is 382 g/mol. The molecule has 29 heavy (non-hydrogen) atoms. The highest BCUT2D eigenvalue weighted by atomic mass is 32.2. The Bertz CT molecular complexity index is 1180. The average Bonchev–Trinajstić information content (AvgIpc) is 3.38. The molecular formula is C23H25N3O2S. The molecule has 5 nitrogen and oxygen atoms in total. The minimum atomic E-state index is -3.16. The lowest BCUT2D eigenvalue weighted by Gasteiger charge is -2.23. The van der Waals surface area contributed by atoms with Crippen LogP contribution in [0.3, 0.4) is 0 Å². The lowest BCUT2D eigenvalue weighted by molar-refractivity contribution is 0.234. The van der Waals surface area contributed by atoms with Gasteiger partial charge in [0, 0.05) is 42.2 Å². The third-order valence-corrected chi connectivity index (χ3v) is 7.51. The topological polar surface area (TPSA) is 53.5 Å². The van der Waals surface area contributed by atoms with E-state index < -0.39 is 9.84 Å². The van der Waals surface area contributed by atoms with E-state index in [1.807, 2.05) is 18.3 Å². The SMILES string of the molecule is Cc1cccc2c(CN3CN(c4ccc(S(C)(=O)=O)cc4)CC34CC4)ccnc12. The summed E-state index contributed by atoms with van der Waals surface area (Å²) in [6.07, 6.45) is 5.60. The van der Waals surface area contributed by atoms with E-state index in [1.165, 1.54) is 35.6 Å². The molecule has 2 aliphatic rings. The van der Waals surface area contributed by atoms with Crippen molar-refractivity contribution in [1.82, 2.24) is 9.88 Å². The minimum absolute atomic E-state index is 0.245. The first kappa shape index (κ1) is 18.6. The van der Waals surface area contributed by atoms with Crippen molar-refractivity contribution in [2.45, 2.75) is 36.7 Å². The van der Waals surface area contributed by atoms with E-state index in [2.05, 4.69) is 46.0 Å². The molecule has 3 aromatic rings. The highest BCUT2D eigenvalue weighted by molar-refractivity contribution is 7.90. The van der Waals surface area contributed by atoms with Gasteiger partial charge in [-0.2, -0.15) is 0 Å². The van der Waals surface area contributed by atoms with Crippen molar-refractivity contribution in [2.75, 3.05) is 24.4 Å². The molecule has 0 atom stereocenters. The van der Waals surface area contributed by atoms with Crippen molar-refractivity contribution >= 4 is 26.4 Å². The first-order valence-electron chi connectivity index (χ1n) is 9.99. The van der Waals surface area contributed by atoms with Crippen LogP contribution in [0.25, 0.3) is 10.9 Å². The quantitative estimate of drug-likeness (QED) is 0.659. The van der Waals surface area contributed by atoms with Crippen molar-refractivity contribution in [3.63, 3.8) is 0 Å². The number of pyridine rings is 1. The Morgan fingerprint density at radius 3 is 2.52 bits per heavy atom. The molecule has 1 aliphatic carbocycles. The molecule has 0 amide bonds.